The molecule has 0 radical (unpaired) electrons. The van der Waals surface area contributed by atoms with Crippen LogP contribution in [-0.2, 0) is 10.9 Å². The molecule has 1 fully saturated rings. The second-order valence-electron chi connectivity index (χ2n) is 4.92. The van der Waals surface area contributed by atoms with Crippen LogP contribution in [0, 0.1) is 5.41 Å². The highest BCUT2D eigenvalue weighted by Gasteiger charge is 2.34. The zero-order valence-electron chi connectivity index (χ0n) is 10.3. The highest BCUT2D eigenvalue weighted by Crippen LogP contribution is 2.28. The van der Waals surface area contributed by atoms with Gasteiger partial charge in [-0.25, -0.2) is 0 Å². The van der Waals surface area contributed by atoms with Crippen molar-refractivity contribution in [1.29, 1.82) is 0 Å². The van der Waals surface area contributed by atoms with Gasteiger partial charge in [0.1, 0.15) is 5.69 Å². The van der Waals surface area contributed by atoms with E-state index in [2.05, 4.69) is 10.3 Å². The van der Waals surface area contributed by atoms with E-state index >= 15 is 0 Å². The second kappa shape index (κ2) is 4.80. The molecule has 1 aliphatic rings. The molecule has 1 N–H and O–H groups in total. The normalized spacial score (nSPS) is 17.7. The predicted molar refractivity (Wildman–Crippen MR) is 60.5 cm³/mol. The van der Waals surface area contributed by atoms with Crippen LogP contribution in [0.3, 0.4) is 0 Å². The zero-order valence-corrected chi connectivity index (χ0v) is 10.3. The number of rotatable bonds is 3. The van der Waals surface area contributed by atoms with E-state index in [0.29, 0.717) is 26.0 Å². The molecule has 2 heterocycles. The highest BCUT2D eigenvalue weighted by atomic mass is 19.4. The van der Waals surface area contributed by atoms with Gasteiger partial charge in [0.05, 0.1) is 18.8 Å². The summed E-state index contributed by atoms with van der Waals surface area (Å²) in [5.41, 5.74) is -0.998. The Morgan fingerprint density at radius 2 is 2.16 bits per heavy atom. The lowest BCUT2D eigenvalue weighted by Crippen LogP contribution is -2.48. The standard InChI is InChI=1S/C12H13F3N2O2/c1-11(6-19-7-11)5-17-10(18)9-3-2-8(4-16-9)12(13,14)15/h2-4H,5-7H2,1H3,(H,17,18). The minimum Gasteiger partial charge on any atom is -0.380 e. The van der Waals surface area contributed by atoms with Crippen LogP contribution >= 0.6 is 0 Å². The van der Waals surface area contributed by atoms with Gasteiger partial charge in [-0.3, -0.25) is 9.78 Å². The number of alkyl halides is 3. The smallest absolute Gasteiger partial charge is 0.380 e. The van der Waals surface area contributed by atoms with Gasteiger partial charge in [0, 0.05) is 18.2 Å². The van der Waals surface area contributed by atoms with Gasteiger partial charge < -0.3 is 10.1 Å². The number of ether oxygens (including phenoxy) is 1. The first kappa shape index (κ1) is 13.8. The summed E-state index contributed by atoms with van der Waals surface area (Å²) in [6, 6.07) is 1.91. The van der Waals surface area contributed by atoms with E-state index in [4.69, 9.17) is 4.74 Å². The molecule has 0 unspecified atom stereocenters. The summed E-state index contributed by atoms with van der Waals surface area (Å²) in [4.78, 5) is 15.2. The molecule has 0 saturated carbocycles. The van der Waals surface area contributed by atoms with E-state index in [1.807, 2.05) is 6.92 Å². The summed E-state index contributed by atoms with van der Waals surface area (Å²) in [5, 5.41) is 2.64. The van der Waals surface area contributed by atoms with E-state index in [1.54, 1.807) is 0 Å². The fourth-order valence-corrected chi connectivity index (χ4v) is 1.63. The molecule has 4 nitrogen and oxygen atoms in total. The lowest BCUT2D eigenvalue weighted by molar-refractivity contribution is -0.137. The number of carbonyl (C=O) groups excluding carboxylic acids is 1. The van der Waals surface area contributed by atoms with Crippen LogP contribution in [0.25, 0.3) is 0 Å². The fraction of sp³-hybridized carbons (Fsp3) is 0.500. The Bertz CT molecular complexity index is 467. The first-order valence-corrected chi connectivity index (χ1v) is 5.69. The number of hydrogen-bond donors (Lipinski definition) is 1. The molecule has 104 valence electrons. The van der Waals surface area contributed by atoms with Crippen LogP contribution in [0.4, 0.5) is 13.2 Å². The van der Waals surface area contributed by atoms with Crippen molar-refractivity contribution in [2.75, 3.05) is 19.8 Å². The first-order chi connectivity index (χ1) is 8.80. The molecule has 0 aliphatic carbocycles. The Labute approximate surface area is 108 Å². The van der Waals surface area contributed by atoms with Crippen molar-refractivity contribution in [2.24, 2.45) is 5.41 Å². The summed E-state index contributed by atoms with van der Waals surface area (Å²) in [7, 11) is 0. The van der Waals surface area contributed by atoms with Crippen LogP contribution < -0.4 is 5.32 Å². The SMILES string of the molecule is CC1(CNC(=O)c2ccc(C(F)(F)F)cn2)COC1. The van der Waals surface area contributed by atoms with Crippen molar-refractivity contribution < 1.29 is 22.7 Å². The van der Waals surface area contributed by atoms with Crippen molar-refractivity contribution in [3.8, 4) is 0 Å². The Balaban J connectivity index is 1.96. The predicted octanol–water partition coefficient (Wildman–Crippen LogP) is 1.87. The Kier molecular flexibility index (Phi) is 3.49. The third-order valence-electron chi connectivity index (χ3n) is 2.90. The number of nitrogens with zero attached hydrogens (tertiary/aromatic N) is 1. The number of hydrogen-bond acceptors (Lipinski definition) is 3. The second-order valence-corrected chi connectivity index (χ2v) is 4.92. The minimum absolute atomic E-state index is 0.0307. The van der Waals surface area contributed by atoms with Crippen LogP contribution in [0.2, 0.25) is 0 Å². The minimum atomic E-state index is -4.45. The maximum atomic E-state index is 12.3. The number of aromatic nitrogens is 1. The molecule has 1 amide bonds. The quantitative estimate of drug-likeness (QED) is 0.915. The molecular formula is C12H13F3N2O2. The summed E-state index contributed by atoms with van der Waals surface area (Å²) in [6.45, 7) is 3.49. The molecule has 1 aliphatic heterocycles. The summed E-state index contributed by atoms with van der Waals surface area (Å²) in [5.74, 6) is -0.484. The van der Waals surface area contributed by atoms with E-state index < -0.39 is 17.6 Å². The molecule has 0 aromatic carbocycles. The Hall–Kier alpha value is -1.63. The number of amides is 1. The average Bonchev–Trinajstić information content (AvgIpc) is 2.33. The topological polar surface area (TPSA) is 51.2 Å². The maximum absolute atomic E-state index is 12.3. The highest BCUT2D eigenvalue weighted by molar-refractivity contribution is 5.92. The Morgan fingerprint density at radius 1 is 1.47 bits per heavy atom. The van der Waals surface area contributed by atoms with Gasteiger partial charge in [0.2, 0.25) is 0 Å². The van der Waals surface area contributed by atoms with Crippen molar-refractivity contribution in [3.05, 3.63) is 29.6 Å². The Morgan fingerprint density at radius 3 is 2.58 bits per heavy atom. The molecule has 1 aromatic rings. The van der Waals surface area contributed by atoms with Crippen LogP contribution in [0.1, 0.15) is 23.0 Å². The molecule has 1 saturated heterocycles. The van der Waals surface area contributed by atoms with Crippen LogP contribution in [0.15, 0.2) is 18.3 Å². The molecule has 0 atom stereocenters. The van der Waals surface area contributed by atoms with Crippen molar-refractivity contribution >= 4 is 5.91 Å². The van der Waals surface area contributed by atoms with E-state index in [9.17, 15) is 18.0 Å². The van der Waals surface area contributed by atoms with E-state index in [0.717, 1.165) is 12.1 Å². The van der Waals surface area contributed by atoms with Gasteiger partial charge in [-0.1, -0.05) is 6.92 Å². The molecular weight excluding hydrogens is 261 g/mol. The number of carbonyl (C=O) groups is 1. The van der Waals surface area contributed by atoms with Gasteiger partial charge in [-0.05, 0) is 12.1 Å². The van der Waals surface area contributed by atoms with Gasteiger partial charge in [0.15, 0.2) is 0 Å². The lowest BCUT2D eigenvalue weighted by atomic mass is 9.89. The zero-order chi connectivity index (χ0) is 14.1. The fourth-order valence-electron chi connectivity index (χ4n) is 1.63. The number of nitrogens with one attached hydrogen (secondary N) is 1. The van der Waals surface area contributed by atoms with Crippen LogP contribution in [-0.4, -0.2) is 30.6 Å². The molecule has 7 heteroatoms. The third kappa shape index (κ3) is 3.23. The number of halogens is 3. The van der Waals surface area contributed by atoms with Crippen LogP contribution in [0.5, 0.6) is 0 Å². The average molecular weight is 274 g/mol. The van der Waals surface area contributed by atoms with Crippen molar-refractivity contribution in [3.63, 3.8) is 0 Å². The van der Waals surface area contributed by atoms with Crippen molar-refractivity contribution in [1.82, 2.24) is 10.3 Å². The number of pyridine rings is 1. The molecule has 0 spiro atoms. The molecule has 19 heavy (non-hydrogen) atoms. The lowest BCUT2D eigenvalue weighted by Gasteiger charge is -2.37. The summed E-state index contributed by atoms with van der Waals surface area (Å²) in [6.07, 6.45) is -3.79. The van der Waals surface area contributed by atoms with Crippen molar-refractivity contribution in [2.45, 2.75) is 13.1 Å². The monoisotopic (exact) mass is 274 g/mol. The van der Waals surface area contributed by atoms with Gasteiger partial charge >= 0.3 is 6.18 Å². The van der Waals surface area contributed by atoms with Gasteiger partial charge in [-0.15, -0.1) is 0 Å². The summed E-state index contributed by atoms with van der Waals surface area (Å²) >= 11 is 0. The maximum Gasteiger partial charge on any atom is 0.417 e. The first-order valence-electron chi connectivity index (χ1n) is 5.69. The van der Waals surface area contributed by atoms with E-state index in [1.165, 1.54) is 0 Å². The van der Waals surface area contributed by atoms with Gasteiger partial charge in [-0.2, -0.15) is 13.2 Å². The summed E-state index contributed by atoms with van der Waals surface area (Å²) < 4.78 is 42.0. The van der Waals surface area contributed by atoms with E-state index in [-0.39, 0.29) is 11.1 Å². The van der Waals surface area contributed by atoms with Gasteiger partial charge in [0.25, 0.3) is 5.91 Å². The molecule has 1 aromatic heterocycles. The molecule has 2 rings (SSSR count). The molecule has 0 bridgehead atoms. The largest absolute Gasteiger partial charge is 0.417 e. The third-order valence-corrected chi connectivity index (χ3v) is 2.90.